The fourth-order valence-electron chi connectivity index (χ4n) is 1.93. The molecule has 0 aromatic heterocycles. The highest BCUT2D eigenvalue weighted by atomic mass is 32.2. The van der Waals surface area contributed by atoms with E-state index in [9.17, 15) is 18.0 Å². The van der Waals surface area contributed by atoms with Crippen LogP contribution in [-0.4, -0.2) is 82.3 Å². The molecular weight excluding hydrogens is 276 g/mol. The molecule has 1 saturated heterocycles. The fourth-order valence-corrected chi connectivity index (χ4v) is 2.96. The van der Waals surface area contributed by atoms with Gasteiger partial charge < -0.3 is 14.4 Å². The Balaban J connectivity index is 2.88. The van der Waals surface area contributed by atoms with Crippen molar-refractivity contribution in [1.82, 2.24) is 9.21 Å². The average molecular weight is 294 g/mol. The minimum Gasteiger partial charge on any atom is -0.468 e. The van der Waals surface area contributed by atoms with Gasteiger partial charge in [-0.3, -0.25) is 9.59 Å². The number of amides is 1. The largest absolute Gasteiger partial charge is 0.468 e. The summed E-state index contributed by atoms with van der Waals surface area (Å²) < 4.78 is 33.6. The number of sulfonamides is 1. The molecule has 1 atom stereocenters. The maximum atomic E-state index is 11.7. The van der Waals surface area contributed by atoms with E-state index in [-0.39, 0.29) is 32.1 Å². The van der Waals surface area contributed by atoms with Gasteiger partial charge in [-0.15, -0.1) is 0 Å². The first-order valence-corrected chi connectivity index (χ1v) is 7.47. The van der Waals surface area contributed by atoms with Gasteiger partial charge in [0.15, 0.2) is 0 Å². The molecule has 0 aliphatic carbocycles. The second-order valence-electron chi connectivity index (χ2n) is 4.19. The van der Waals surface area contributed by atoms with Crippen LogP contribution in [0.2, 0.25) is 0 Å². The Morgan fingerprint density at radius 3 is 2.37 bits per heavy atom. The Kier molecular flexibility index (Phi) is 5.27. The molecule has 0 bridgehead atoms. The number of hydrogen-bond acceptors (Lipinski definition) is 6. The van der Waals surface area contributed by atoms with Crippen molar-refractivity contribution >= 4 is 21.9 Å². The molecule has 0 saturated carbocycles. The van der Waals surface area contributed by atoms with Gasteiger partial charge in [-0.05, 0) is 0 Å². The second kappa shape index (κ2) is 6.31. The van der Waals surface area contributed by atoms with Crippen LogP contribution in [-0.2, 0) is 29.1 Å². The topological polar surface area (TPSA) is 93.2 Å². The molecule has 8 nitrogen and oxygen atoms in total. The number of rotatable bonds is 4. The molecule has 1 rings (SSSR count). The van der Waals surface area contributed by atoms with Gasteiger partial charge in [-0.25, -0.2) is 8.42 Å². The van der Waals surface area contributed by atoms with Crippen molar-refractivity contribution in [3.63, 3.8) is 0 Å². The van der Waals surface area contributed by atoms with E-state index in [1.807, 2.05) is 0 Å². The highest BCUT2D eigenvalue weighted by molar-refractivity contribution is 7.88. The first kappa shape index (κ1) is 15.9. The lowest BCUT2D eigenvalue weighted by Crippen LogP contribution is -2.59. The van der Waals surface area contributed by atoms with E-state index in [0.29, 0.717) is 0 Å². The number of methoxy groups -OCH3 is 2. The van der Waals surface area contributed by atoms with Crippen LogP contribution in [0.25, 0.3) is 0 Å². The number of carbonyl (C=O) groups is 2. The Morgan fingerprint density at radius 1 is 1.26 bits per heavy atom. The Hall–Kier alpha value is -1.19. The number of piperazine rings is 1. The van der Waals surface area contributed by atoms with Crippen LogP contribution in [0.15, 0.2) is 0 Å². The highest BCUT2D eigenvalue weighted by Gasteiger charge is 2.39. The summed E-state index contributed by atoms with van der Waals surface area (Å²) in [6.07, 6.45) is 1.02. The molecule has 0 aromatic rings. The summed E-state index contributed by atoms with van der Waals surface area (Å²) in [4.78, 5) is 24.7. The molecule has 0 unspecified atom stereocenters. The molecule has 1 amide bonds. The summed E-state index contributed by atoms with van der Waals surface area (Å²) in [6, 6.07) is -1.01. The van der Waals surface area contributed by atoms with Crippen molar-refractivity contribution in [2.24, 2.45) is 0 Å². The quantitative estimate of drug-likeness (QED) is 0.573. The van der Waals surface area contributed by atoms with Crippen molar-refractivity contribution in [1.29, 1.82) is 0 Å². The average Bonchev–Trinajstić information content (AvgIpc) is 2.36. The van der Waals surface area contributed by atoms with Crippen molar-refractivity contribution in [2.75, 3.05) is 46.7 Å². The van der Waals surface area contributed by atoms with Gasteiger partial charge in [-0.2, -0.15) is 4.31 Å². The third-order valence-corrected chi connectivity index (χ3v) is 4.14. The summed E-state index contributed by atoms with van der Waals surface area (Å²) >= 11 is 0. The van der Waals surface area contributed by atoms with E-state index < -0.39 is 22.0 Å². The molecule has 110 valence electrons. The number of ether oxygens (including phenoxy) is 2. The van der Waals surface area contributed by atoms with E-state index >= 15 is 0 Å². The van der Waals surface area contributed by atoms with Crippen LogP contribution in [0.3, 0.4) is 0 Å². The van der Waals surface area contributed by atoms with Gasteiger partial charge in [0.05, 0.1) is 13.4 Å². The third kappa shape index (κ3) is 3.88. The molecule has 9 heteroatoms. The first-order chi connectivity index (χ1) is 8.81. The Morgan fingerprint density at radius 2 is 1.89 bits per heavy atom. The number of nitrogens with zero attached hydrogens (tertiary/aromatic N) is 2. The molecule has 1 heterocycles. The standard InChI is InChI=1S/C10H18N2O6S/c1-17-7-9(13)11-4-5-12(19(3,15)16)8(6-11)10(14)18-2/h8H,4-7H2,1-3H3/t8-/m1/s1. The summed E-state index contributed by atoms with van der Waals surface area (Å²) in [5.74, 6) is -0.968. The van der Waals surface area contributed by atoms with Crippen LogP contribution in [0.4, 0.5) is 0 Å². The Bertz CT molecular complexity index is 449. The van der Waals surface area contributed by atoms with Crippen molar-refractivity contribution in [3.8, 4) is 0 Å². The second-order valence-corrected chi connectivity index (χ2v) is 6.12. The van der Waals surface area contributed by atoms with E-state index in [4.69, 9.17) is 4.74 Å². The zero-order chi connectivity index (χ0) is 14.6. The normalized spacial score (nSPS) is 21.2. The van der Waals surface area contributed by atoms with Crippen LogP contribution in [0.1, 0.15) is 0 Å². The minimum atomic E-state index is -3.53. The summed E-state index contributed by atoms with van der Waals surface area (Å²) in [5.41, 5.74) is 0. The lowest BCUT2D eigenvalue weighted by molar-refractivity contribution is -0.149. The molecule has 0 N–H and O–H groups in total. The maximum absolute atomic E-state index is 11.7. The monoisotopic (exact) mass is 294 g/mol. The zero-order valence-corrected chi connectivity index (χ0v) is 12.0. The zero-order valence-electron chi connectivity index (χ0n) is 11.2. The molecule has 0 aromatic carbocycles. The van der Waals surface area contributed by atoms with E-state index in [0.717, 1.165) is 10.6 Å². The first-order valence-electron chi connectivity index (χ1n) is 5.62. The predicted octanol–water partition coefficient (Wildman–Crippen LogP) is -1.72. The molecule has 1 aliphatic heterocycles. The Labute approximate surface area is 112 Å². The number of esters is 1. The van der Waals surface area contributed by atoms with Gasteiger partial charge in [0.2, 0.25) is 15.9 Å². The number of hydrogen-bond donors (Lipinski definition) is 0. The molecule has 19 heavy (non-hydrogen) atoms. The fraction of sp³-hybridized carbons (Fsp3) is 0.800. The molecular formula is C10H18N2O6S. The smallest absolute Gasteiger partial charge is 0.326 e. The molecule has 1 fully saturated rings. The van der Waals surface area contributed by atoms with E-state index in [2.05, 4.69) is 4.74 Å². The SMILES string of the molecule is COCC(=O)N1CCN(S(C)(=O)=O)[C@@H](C(=O)OC)C1. The maximum Gasteiger partial charge on any atom is 0.326 e. The van der Waals surface area contributed by atoms with Gasteiger partial charge in [0.25, 0.3) is 0 Å². The summed E-state index contributed by atoms with van der Waals surface area (Å²) in [6.45, 7) is 0.158. The molecule has 1 aliphatic rings. The van der Waals surface area contributed by atoms with E-state index in [1.165, 1.54) is 19.1 Å². The third-order valence-electron chi connectivity index (χ3n) is 2.85. The van der Waals surface area contributed by atoms with Gasteiger partial charge in [0.1, 0.15) is 12.6 Å². The minimum absolute atomic E-state index is 0.0259. The summed E-state index contributed by atoms with van der Waals surface area (Å²) in [5, 5.41) is 0. The van der Waals surface area contributed by atoms with Crippen LogP contribution >= 0.6 is 0 Å². The van der Waals surface area contributed by atoms with Crippen molar-refractivity contribution < 1.29 is 27.5 Å². The van der Waals surface area contributed by atoms with Gasteiger partial charge in [0, 0.05) is 26.7 Å². The summed E-state index contributed by atoms with van der Waals surface area (Å²) in [7, 11) is -0.958. The van der Waals surface area contributed by atoms with Crippen LogP contribution in [0.5, 0.6) is 0 Å². The van der Waals surface area contributed by atoms with Crippen molar-refractivity contribution in [3.05, 3.63) is 0 Å². The van der Waals surface area contributed by atoms with Gasteiger partial charge >= 0.3 is 5.97 Å². The van der Waals surface area contributed by atoms with E-state index in [1.54, 1.807) is 0 Å². The van der Waals surface area contributed by atoms with Crippen LogP contribution < -0.4 is 0 Å². The lowest BCUT2D eigenvalue weighted by Gasteiger charge is -2.38. The molecule has 0 radical (unpaired) electrons. The highest BCUT2D eigenvalue weighted by Crippen LogP contribution is 2.15. The van der Waals surface area contributed by atoms with Crippen LogP contribution in [0, 0.1) is 0 Å². The number of carbonyl (C=O) groups excluding carboxylic acids is 2. The lowest BCUT2D eigenvalue weighted by atomic mass is 10.2. The molecule has 0 spiro atoms. The van der Waals surface area contributed by atoms with Gasteiger partial charge in [-0.1, -0.05) is 0 Å². The predicted molar refractivity (Wildman–Crippen MR) is 65.8 cm³/mol. The van der Waals surface area contributed by atoms with Crippen molar-refractivity contribution in [2.45, 2.75) is 6.04 Å².